The fraction of sp³-hybridized carbons (Fsp3) is 0.556. The van der Waals surface area contributed by atoms with Gasteiger partial charge in [-0.25, -0.2) is 0 Å². The number of anilines is 1. The van der Waals surface area contributed by atoms with Crippen molar-refractivity contribution >= 4 is 5.69 Å². The number of ether oxygens (including phenoxy) is 1. The van der Waals surface area contributed by atoms with E-state index in [-0.39, 0.29) is 11.2 Å². The highest BCUT2D eigenvalue weighted by Crippen LogP contribution is 2.19. The topological polar surface area (TPSA) is 70.1 Å². The van der Waals surface area contributed by atoms with Crippen LogP contribution in [-0.4, -0.2) is 22.8 Å². The Kier molecular flexibility index (Phi) is 2.49. The molecule has 1 aromatic rings. The van der Waals surface area contributed by atoms with Crippen molar-refractivity contribution in [2.45, 2.75) is 18.9 Å². The second-order valence-corrected chi connectivity index (χ2v) is 3.42. The van der Waals surface area contributed by atoms with Gasteiger partial charge in [-0.15, -0.1) is 0 Å². The maximum atomic E-state index is 11.0. The highest BCUT2D eigenvalue weighted by Gasteiger charge is 2.14. The summed E-state index contributed by atoms with van der Waals surface area (Å²) in [4.78, 5) is 14.7. The van der Waals surface area contributed by atoms with E-state index in [1.165, 1.54) is 0 Å². The third-order valence-corrected chi connectivity index (χ3v) is 2.46. The lowest BCUT2D eigenvalue weighted by Gasteiger charge is -2.24. The minimum atomic E-state index is -0.353. The molecule has 1 aromatic heterocycles. The van der Waals surface area contributed by atoms with Crippen molar-refractivity contribution in [2.75, 3.05) is 18.9 Å². The van der Waals surface area contributed by atoms with Crippen molar-refractivity contribution < 1.29 is 4.74 Å². The summed E-state index contributed by atoms with van der Waals surface area (Å²) in [7, 11) is 0. The molecule has 0 saturated carbocycles. The van der Waals surface area contributed by atoms with Crippen LogP contribution < -0.4 is 11.3 Å². The minimum Gasteiger partial charge on any atom is -0.393 e. The molecule has 2 N–H and O–H groups in total. The lowest BCUT2D eigenvalue weighted by molar-refractivity contribution is 0.0692. The number of hydrogen-bond acceptors (Lipinski definition) is 4. The first-order chi connectivity index (χ1) is 6.77. The summed E-state index contributed by atoms with van der Waals surface area (Å²) in [6, 6.07) is 0.360. The molecule has 0 radical (unpaired) electrons. The summed E-state index contributed by atoms with van der Waals surface area (Å²) in [6.07, 6.45) is 5.11. The van der Waals surface area contributed by atoms with Crippen LogP contribution in [0.2, 0.25) is 0 Å². The standard InChI is InChI=1S/C9H13N3O2/c10-8-5-12(6-11-9(8)13)7-1-3-14-4-2-7/h5-7H,1-4,10H2. The van der Waals surface area contributed by atoms with E-state index >= 15 is 0 Å². The van der Waals surface area contributed by atoms with Crippen molar-refractivity contribution in [1.82, 2.24) is 9.55 Å². The third-order valence-electron chi connectivity index (χ3n) is 2.46. The Balaban J connectivity index is 2.22. The maximum Gasteiger partial charge on any atom is 0.295 e. The number of nitrogens with two attached hydrogens (primary N) is 1. The van der Waals surface area contributed by atoms with Gasteiger partial charge >= 0.3 is 0 Å². The van der Waals surface area contributed by atoms with Gasteiger partial charge < -0.3 is 15.0 Å². The largest absolute Gasteiger partial charge is 0.393 e. The predicted molar refractivity (Wildman–Crippen MR) is 52.0 cm³/mol. The lowest BCUT2D eigenvalue weighted by atomic mass is 10.1. The van der Waals surface area contributed by atoms with Crippen molar-refractivity contribution in [3.8, 4) is 0 Å². The van der Waals surface area contributed by atoms with Crippen LogP contribution >= 0.6 is 0 Å². The van der Waals surface area contributed by atoms with Gasteiger partial charge in [0.15, 0.2) is 0 Å². The van der Waals surface area contributed by atoms with Crippen LogP contribution in [-0.2, 0) is 4.74 Å². The highest BCUT2D eigenvalue weighted by atomic mass is 16.5. The molecule has 2 rings (SSSR count). The fourth-order valence-electron chi connectivity index (χ4n) is 1.63. The van der Waals surface area contributed by atoms with E-state index in [0.29, 0.717) is 6.04 Å². The molecule has 5 nitrogen and oxygen atoms in total. The molecular weight excluding hydrogens is 182 g/mol. The lowest BCUT2D eigenvalue weighted by Crippen LogP contribution is -2.23. The second kappa shape index (κ2) is 3.79. The molecule has 0 aromatic carbocycles. The molecule has 0 bridgehead atoms. The first-order valence-electron chi connectivity index (χ1n) is 4.68. The number of nitrogens with zero attached hydrogens (tertiary/aromatic N) is 2. The van der Waals surface area contributed by atoms with Crippen molar-refractivity contribution in [1.29, 1.82) is 0 Å². The molecule has 0 amide bonds. The molecule has 2 heterocycles. The van der Waals surface area contributed by atoms with E-state index in [9.17, 15) is 4.79 Å². The van der Waals surface area contributed by atoms with Crippen LogP contribution in [0.25, 0.3) is 0 Å². The number of rotatable bonds is 1. The van der Waals surface area contributed by atoms with Crippen molar-refractivity contribution in [3.63, 3.8) is 0 Å². The zero-order chi connectivity index (χ0) is 9.97. The first kappa shape index (κ1) is 9.21. The van der Waals surface area contributed by atoms with Gasteiger partial charge in [0.2, 0.25) is 0 Å². The van der Waals surface area contributed by atoms with Crippen LogP contribution in [0.1, 0.15) is 18.9 Å². The summed E-state index contributed by atoms with van der Waals surface area (Å²) < 4.78 is 7.15. The molecule has 5 heteroatoms. The predicted octanol–water partition coefficient (Wildman–Crippen LogP) is 0.177. The normalized spacial score (nSPS) is 18.3. The zero-order valence-electron chi connectivity index (χ0n) is 7.85. The van der Waals surface area contributed by atoms with Gasteiger partial charge in [0.05, 0.1) is 6.33 Å². The Morgan fingerprint density at radius 2 is 2.21 bits per heavy atom. The summed E-state index contributed by atoms with van der Waals surface area (Å²) >= 11 is 0. The number of hydrogen-bond donors (Lipinski definition) is 1. The van der Waals surface area contributed by atoms with Crippen LogP contribution in [0.4, 0.5) is 5.69 Å². The molecule has 1 aliphatic rings. The van der Waals surface area contributed by atoms with Crippen LogP contribution in [0.15, 0.2) is 17.3 Å². The first-order valence-corrected chi connectivity index (χ1v) is 4.68. The second-order valence-electron chi connectivity index (χ2n) is 3.42. The SMILES string of the molecule is Nc1cn(C2CCOCC2)cnc1=O. The third kappa shape index (κ3) is 1.77. The zero-order valence-corrected chi connectivity index (χ0v) is 7.85. The van der Waals surface area contributed by atoms with Gasteiger partial charge in [-0.2, -0.15) is 4.98 Å². The van der Waals surface area contributed by atoms with Gasteiger partial charge in [-0.3, -0.25) is 4.79 Å². The molecule has 0 aliphatic carbocycles. The van der Waals surface area contributed by atoms with Crippen LogP contribution in [0.5, 0.6) is 0 Å². The highest BCUT2D eigenvalue weighted by molar-refractivity contribution is 5.30. The Labute approximate surface area is 81.5 Å². The number of aromatic nitrogens is 2. The molecule has 1 saturated heterocycles. The molecular formula is C9H13N3O2. The van der Waals surface area contributed by atoms with E-state index < -0.39 is 0 Å². The molecule has 14 heavy (non-hydrogen) atoms. The molecule has 0 spiro atoms. The Bertz CT molecular complexity index is 369. The molecule has 1 fully saturated rings. The maximum absolute atomic E-state index is 11.0. The Morgan fingerprint density at radius 1 is 1.50 bits per heavy atom. The van der Waals surface area contributed by atoms with Gasteiger partial charge in [-0.1, -0.05) is 0 Å². The molecule has 0 atom stereocenters. The Hall–Kier alpha value is -1.36. The van der Waals surface area contributed by atoms with E-state index in [1.807, 2.05) is 4.57 Å². The van der Waals surface area contributed by atoms with Crippen LogP contribution in [0.3, 0.4) is 0 Å². The molecule has 76 valence electrons. The fourth-order valence-corrected chi connectivity index (χ4v) is 1.63. The van der Waals surface area contributed by atoms with Crippen molar-refractivity contribution in [3.05, 3.63) is 22.9 Å². The summed E-state index contributed by atoms with van der Waals surface area (Å²) in [5.41, 5.74) is 5.35. The number of nitrogen functional groups attached to an aromatic ring is 1. The molecule has 0 unspecified atom stereocenters. The van der Waals surface area contributed by atoms with Gasteiger partial charge in [0.25, 0.3) is 5.56 Å². The van der Waals surface area contributed by atoms with E-state index in [0.717, 1.165) is 26.1 Å². The summed E-state index contributed by atoms with van der Waals surface area (Å²) in [6.45, 7) is 1.52. The monoisotopic (exact) mass is 195 g/mol. The summed E-state index contributed by atoms with van der Waals surface area (Å²) in [5.74, 6) is 0. The van der Waals surface area contributed by atoms with Crippen molar-refractivity contribution in [2.24, 2.45) is 0 Å². The minimum absolute atomic E-state index is 0.207. The quantitative estimate of drug-likeness (QED) is 0.693. The summed E-state index contributed by atoms with van der Waals surface area (Å²) in [5, 5.41) is 0. The average Bonchev–Trinajstić information content (AvgIpc) is 2.23. The smallest absolute Gasteiger partial charge is 0.295 e. The van der Waals surface area contributed by atoms with Crippen LogP contribution in [0, 0.1) is 0 Å². The van der Waals surface area contributed by atoms with E-state index in [4.69, 9.17) is 10.5 Å². The Morgan fingerprint density at radius 3 is 2.86 bits per heavy atom. The molecule has 1 aliphatic heterocycles. The van der Waals surface area contributed by atoms with Gasteiger partial charge in [0, 0.05) is 25.5 Å². The van der Waals surface area contributed by atoms with Gasteiger partial charge in [0.1, 0.15) is 5.69 Å². The van der Waals surface area contributed by atoms with Gasteiger partial charge in [-0.05, 0) is 12.8 Å². The van der Waals surface area contributed by atoms with E-state index in [2.05, 4.69) is 4.98 Å². The van der Waals surface area contributed by atoms with E-state index in [1.54, 1.807) is 12.5 Å². The average molecular weight is 195 g/mol.